The van der Waals surface area contributed by atoms with Crippen molar-refractivity contribution in [3.63, 3.8) is 0 Å². The molecule has 1 aromatic heterocycles. The number of pyridine rings is 1. The molecule has 1 aliphatic heterocycles. The van der Waals surface area contributed by atoms with Crippen molar-refractivity contribution in [2.75, 3.05) is 26.6 Å². The third-order valence-electron chi connectivity index (χ3n) is 6.95. The zero-order chi connectivity index (χ0) is 24.5. The molecule has 2 aliphatic rings. The second kappa shape index (κ2) is 9.44. The van der Waals surface area contributed by atoms with E-state index < -0.39 is 0 Å². The normalized spacial score (nSPS) is 15.7. The third-order valence-corrected chi connectivity index (χ3v) is 6.95. The molecule has 0 saturated heterocycles. The molecule has 1 aliphatic carbocycles. The Labute approximate surface area is 204 Å². The summed E-state index contributed by atoms with van der Waals surface area (Å²) in [6.45, 7) is 0.397. The molecule has 1 saturated carbocycles. The number of hydrogen-bond donors (Lipinski definition) is 1. The largest absolute Gasteiger partial charge is 0.493 e. The molecule has 0 spiro atoms. The highest BCUT2D eigenvalue weighted by Crippen LogP contribution is 2.40. The highest BCUT2D eigenvalue weighted by molar-refractivity contribution is 6.16. The third kappa shape index (κ3) is 4.03. The molecule has 1 N–H and O–H groups in total. The predicted octanol–water partition coefficient (Wildman–Crippen LogP) is 4.80. The highest BCUT2D eigenvalue weighted by atomic mass is 16.5. The molecule has 35 heavy (non-hydrogen) atoms. The van der Waals surface area contributed by atoms with E-state index in [4.69, 9.17) is 14.2 Å². The minimum atomic E-state index is -0.313. The van der Waals surface area contributed by atoms with Crippen molar-refractivity contribution in [2.45, 2.75) is 44.7 Å². The van der Waals surface area contributed by atoms with E-state index >= 15 is 0 Å². The molecule has 8 heteroatoms. The summed E-state index contributed by atoms with van der Waals surface area (Å²) in [5.41, 5.74) is 2.66. The van der Waals surface area contributed by atoms with Gasteiger partial charge in [0.25, 0.3) is 11.8 Å². The number of aromatic nitrogens is 1. The average Bonchev–Trinajstić information content (AvgIpc) is 3.22. The van der Waals surface area contributed by atoms with Crippen LogP contribution in [0, 0.1) is 0 Å². The molecule has 5 rings (SSSR count). The van der Waals surface area contributed by atoms with Crippen LogP contribution in [-0.4, -0.2) is 49.1 Å². The number of anilines is 1. The molecule has 2 heterocycles. The van der Waals surface area contributed by atoms with E-state index in [2.05, 4.69) is 10.3 Å². The maximum atomic E-state index is 13.7. The lowest BCUT2D eigenvalue weighted by Gasteiger charge is -2.30. The summed E-state index contributed by atoms with van der Waals surface area (Å²) in [7, 11) is 4.58. The van der Waals surface area contributed by atoms with Crippen molar-refractivity contribution in [2.24, 2.45) is 0 Å². The minimum Gasteiger partial charge on any atom is -0.493 e. The summed E-state index contributed by atoms with van der Waals surface area (Å²) in [5.74, 6) is 0.917. The fourth-order valence-electron chi connectivity index (χ4n) is 5.25. The summed E-state index contributed by atoms with van der Waals surface area (Å²) in [6, 6.07) is 11.0. The summed E-state index contributed by atoms with van der Waals surface area (Å²) < 4.78 is 16.2. The van der Waals surface area contributed by atoms with Crippen LogP contribution < -0.4 is 19.5 Å². The van der Waals surface area contributed by atoms with Gasteiger partial charge < -0.3 is 24.4 Å². The van der Waals surface area contributed by atoms with Gasteiger partial charge in [-0.05, 0) is 18.9 Å². The van der Waals surface area contributed by atoms with Gasteiger partial charge in [-0.15, -0.1) is 0 Å². The Balaban J connectivity index is 1.56. The van der Waals surface area contributed by atoms with Crippen molar-refractivity contribution in [3.05, 3.63) is 53.2 Å². The molecule has 3 aromatic rings. The fraction of sp³-hybridized carbons (Fsp3) is 0.370. The van der Waals surface area contributed by atoms with Crippen LogP contribution in [0.5, 0.6) is 17.2 Å². The lowest BCUT2D eigenvalue weighted by molar-refractivity contribution is 0.0655. The number of benzene rings is 2. The van der Waals surface area contributed by atoms with E-state index in [0.717, 1.165) is 31.1 Å². The quantitative estimate of drug-likeness (QED) is 0.551. The number of carbonyl (C=O) groups excluding carboxylic acids is 2. The minimum absolute atomic E-state index is 0.0838. The first-order chi connectivity index (χ1) is 17.0. The van der Waals surface area contributed by atoms with Crippen LogP contribution in [0.1, 0.15) is 58.5 Å². The van der Waals surface area contributed by atoms with Crippen molar-refractivity contribution in [1.29, 1.82) is 0 Å². The fourth-order valence-corrected chi connectivity index (χ4v) is 5.25. The molecule has 2 amide bonds. The van der Waals surface area contributed by atoms with E-state index in [0.29, 0.717) is 51.8 Å². The summed E-state index contributed by atoms with van der Waals surface area (Å²) in [4.78, 5) is 33.7. The van der Waals surface area contributed by atoms with E-state index in [-0.39, 0.29) is 17.9 Å². The maximum Gasteiger partial charge on any atom is 0.273 e. The van der Waals surface area contributed by atoms with E-state index in [1.807, 2.05) is 29.2 Å². The Morgan fingerprint density at radius 2 is 1.69 bits per heavy atom. The Morgan fingerprint density at radius 1 is 1.00 bits per heavy atom. The number of para-hydroxylation sites is 1. The molecule has 0 unspecified atom stereocenters. The molecule has 1 fully saturated rings. The Kier molecular flexibility index (Phi) is 6.19. The van der Waals surface area contributed by atoms with Gasteiger partial charge in [0.2, 0.25) is 5.75 Å². The lowest BCUT2D eigenvalue weighted by atomic mass is 9.94. The molecule has 8 nitrogen and oxygen atoms in total. The van der Waals surface area contributed by atoms with Gasteiger partial charge >= 0.3 is 0 Å². The van der Waals surface area contributed by atoms with Crippen molar-refractivity contribution < 1.29 is 23.8 Å². The zero-order valence-electron chi connectivity index (χ0n) is 20.2. The number of fused-ring (bicyclic) bond motifs is 2. The monoisotopic (exact) mass is 475 g/mol. The zero-order valence-corrected chi connectivity index (χ0v) is 20.2. The number of nitrogens with one attached hydrogen (secondary N) is 1. The lowest BCUT2D eigenvalue weighted by Crippen LogP contribution is -2.37. The van der Waals surface area contributed by atoms with Crippen LogP contribution >= 0.6 is 0 Å². The number of nitrogens with zero attached hydrogens (tertiary/aromatic N) is 2. The van der Waals surface area contributed by atoms with E-state index in [9.17, 15) is 9.59 Å². The second-order valence-corrected chi connectivity index (χ2v) is 8.92. The first-order valence-electron chi connectivity index (χ1n) is 11.9. The first kappa shape index (κ1) is 23.0. The molecular formula is C27H29N3O5. The van der Waals surface area contributed by atoms with Crippen LogP contribution in [0.25, 0.3) is 10.9 Å². The molecule has 0 bridgehead atoms. The van der Waals surface area contributed by atoms with Crippen LogP contribution in [0.4, 0.5) is 5.69 Å². The topological polar surface area (TPSA) is 90.0 Å². The van der Waals surface area contributed by atoms with E-state index in [1.165, 1.54) is 27.8 Å². The van der Waals surface area contributed by atoms with Gasteiger partial charge in [-0.1, -0.05) is 37.5 Å². The molecule has 0 atom stereocenters. The van der Waals surface area contributed by atoms with Crippen LogP contribution in [0.15, 0.2) is 36.4 Å². The van der Waals surface area contributed by atoms with Gasteiger partial charge in [0.05, 0.1) is 32.4 Å². The Hall–Kier alpha value is -3.81. The summed E-state index contributed by atoms with van der Waals surface area (Å²) in [6.07, 6.45) is 5.43. The van der Waals surface area contributed by atoms with Gasteiger partial charge in [-0.3, -0.25) is 9.59 Å². The second-order valence-electron chi connectivity index (χ2n) is 8.92. The Morgan fingerprint density at radius 3 is 2.34 bits per heavy atom. The van der Waals surface area contributed by atoms with E-state index in [1.54, 1.807) is 12.1 Å². The molecular weight excluding hydrogens is 446 g/mol. The number of hydrogen-bond acceptors (Lipinski definition) is 6. The summed E-state index contributed by atoms with van der Waals surface area (Å²) in [5, 5.41) is 3.70. The van der Waals surface area contributed by atoms with Crippen LogP contribution in [0.2, 0.25) is 0 Å². The van der Waals surface area contributed by atoms with Crippen molar-refractivity contribution in [1.82, 2.24) is 9.88 Å². The van der Waals surface area contributed by atoms with Gasteiger partial charge in [-0.2, -0.15) is 0 Å². The smallest absolute Gasteiger partial charge is 0.273 e. The number of rotatable bonds is 6. The van der Waals surface area contributed by atoms with Gasteiger partial charge in [-0.25, -0.2) is 4.98 Å². The SMILES string of the molecule is COc1cc(NC(=O)c2c3c(nc4ccccc24)C(=O)N(C2CCCCC2)C3)cc(OC)c1OC. The first-order valence-corrected chi connectivity index (χ1v) is 11.9. The number of methoxy groups -OCH3 is 3. The number of amides is 2. The van der Waals surface area contributed by atoms with Crippen molar-refractivity contribution in [3.8, 4) is 17.2 Å². The molecule has 2 aromatic carbocycles. The standard InChI is InChI=1S/C27H29N3O5/c1-33-21-13-16(14-22(34-2)25(21)35-3)28-26(31)23-18-11-7-8-12-20(18)29-24-19(23)15-30(27(24)32)17-9-5-4-6-10-17/h7-8,11-14,17H,4-6,9-10,15H2,1-3H3,(H,28,31). The highest BCUT2D eigenvalue weighted by Gasteiger charge is 2.38. The van der Waals surface area contributed by atoms with Crippen LogP contribution in [-0.2, 0) is 6.54 Å². The van der Waals surface area contributed by atoms with Crippen LogP contribution in [0.3, 0.4) is 0 Å². The predicted molar refractivity (Wildman–Crippen MR) is 133 cm³/mol. The Bertz CT molecular complexity index is 1270. The van der Waals surface area contributed by atoms with Gasteiger partial charge in [0.15, 0.2) is 11.5 Å². The van der Waals surface area contributed by atoms with Gasteiger partial charge in [0.1, 0.15) is 5.69 Å². The summed E-state index contributed by atoms with van der Waals surface area (Å²) >= 11 is 0. The maximum absolute atomic E-state index is 13.7. The van der Waals surface area contributed by atoms with Crippen molar-refractivity contribution >= 4 is 28.4 Å². The van der Waals surface area contributed by atoms with Gasteiger partial charge in [0, 0.05) is 41.4 Å². The molecule has 0 radical (unpaired) electrons. The number of carbonyl (C=O) groups is 2. The molecule has 182 valence electrons. The average molecular weight is 476 g/mol. The number of ether oxygens (including phenoxy) is 3.